The lowest BCUT2D eigenvalue weighted by Crippen LogP contribution is -1.89. The third-order valence-corrected chi connectivity index (χ3v) is 2.54. The van der Waals surface area contributed by atoms with Crippen molar-refractivity contribution >= 4 is 11.9 Å². The number of nitrogens with zero attached hydrogens (tertiary/aromatic N) is 3. The van der Waals surface area contributed by atoms with Gasteiger partial charge in [0.1, 0.15) is 0 Å². The van der Waals surface area contributed by atoms with Crippen LogP contribution in [-0.4, -0.2) is 16.2 Å². The molecule has 0 amide bonds. The lowest BCUT2D eigenvalue weighted by atomic mass is 10.1. The zero-order valence-electron chi connectivity index (χ0n) is 10.3. The first-order chi connectivity index (χ1) is 8.16. The van der Waals surface area contributed by atoms with E-state index in [1.807, 2.05) is 0 Å². The normalized spacial score (nSPS) is 11.0. The molecule has 0 spiro atoms. The summed E-state index contributed by atoms with van der Waals surface area (Å²) in [6.45, 7) is 6.24. The highest BCUT2D eigenvalue weighted by Gasteiger charge is 2.01. The summed E-state index contributed by atoms with van der Waals surface area (Å²) in [5.41, 5.74) is 5.41. The predicted molar refractivity (Wildman–Crippen MR) is 69.9 cm³/mol. The molecule has 0 aliphatic heterocycles. The van der Waals surface area contributed by atoms with Gasteiger partial charge in [0.25, 0.3) is 0 Å². The zero-order chi connectivity index (χ0) is 12.3. The van der Waals surface area contributed by atoms with E-state index >= 15 is 0 Å². The Labute approximate surface area is 101 Å². The van der Waals surface area contributed by atoms with Crippen LogP contribution in [-0.2, 0) is 0 Å². The van der Waals surface area contributed by atoms with Gasteiger partial charge in [0.2, 0.25) is 0 Å². The van der Waals surface area contributed by atoms with Crippen molar-refractivity contribution < 1.29 is 0 Å². The van der Waals surface area contributed by atoms with E-state index in [9.17, 15) is 0 Å². The predicted octanol–water partition coefficient (Wildman–Crippen LogP) is 3.15. The van der Waals surface area contributed by atoms with Gasteiger partial charge >= 0.3 is 0 Å². The van der Waals surface area contributed by atoms with E-state index in [0.717, 1.165) is 11.4 Å². The summed E-state index contributed by atoms with van der Waals surface area (Å²) >= 11 is 0. The highest BCUT2D eigenvalue weighted by Crippen LogP contribution is 2.24. The molecule has 17 heavy (non-hydrogen) atoms. The largest absolute Gasteiger partial charge is 0.261 e. The van der Waals surface area contributed by atoms with E-state index in [-0.39, 0.29) is 0 Å². The molecule has 0 unspecified atom stereocenters. The van der Waals surface area contributed by atoms with Crippen LogP contribution in [0.15, 0.2) is 35.7 Å². The molecule has 0 saturated carbocycles. The first-order valence-corrected chi connectivity index (χ1v) is 5.55. The first kappa shape index (κ1) is 11.5. The molecule has 0 aliphatic carbocycles. The van der Waals surface area contributed by atoms with Crippen LogP contribution in [0.5, 0.6) is 0 Å². The SMILES string of the molecule is Cc1cc(C)c(/N=C/c2cnccn2)c(C)c1. The van der Waals surface area contributed by atoms with E-state index in [1.165, 1.54) is 16.7 Å². The van der Waals surface area contributed by atoms with Gasteiger partial charge in [0, 0.05) is 12.4 Å². The molecule has 3 nitrogen and oxygen atoms in total. The smallest absolute Gasteiger partial charge is 0.0995 e. The molecule has 1 heterocycles. The Morgan fingerprint density at radius 2 is 1.76 bits per heavy atom. The van der Waals surface area contributed by atoms with Crippen molar-refractivity contribution in [3.8, 4) is 0 Å². The van der Waals surface area contributed by atoms with Crippen LogP contribution < -0.4 is 0 Å². The molecule has 3 heteroatoms. The Morgan fingerprint density at radius 1 is 1.06 bits per heavy atom. The lowest BCUT2D eigenvalue weighted by Gasteiger charge is -2.05. The number of aromatic nitrogens is 2. The van der Waals surface area contributed by atoms with Crippen LogP contribution in [0.1, 0.15) is 22.4 Å². The molecule has 0 aliphatic rings. The number of rotatable bonds is 2. The summed E-state index contributed by atoms with van der Waals surface area (Å²) in [6, 6.07) is 4.27. The maximum absolute atomic E-state index is 4.49. The molecule has 0 saturated heterocycles. The molecule has 0 bridgehead atoms. The fraction of sp³-hybridized carbons (Fsp3) is 0.214. The molecular weight excluding hydrogens is 210 g/mol. The van der Waals surface area contributed by atoms with Crippen molar-refractivity contribution in [1.29, 1.82) is 0 Å². The van der Waals surface area contributed by atoms with Crippen molar-refractivity contribution in [1.82, 2.24) is 9.97 Å². The second kappa shape index (κ2) is 4.87. The molecule has 2 rings (SSSR count). The minimum absolute atomic E-state index is 0.770. The minimum atomic E-state index is 0.770. The van der Waals surface area contributed by atoms with Gasteiger partial charge in [0.15, 0.2) is 0 Å². The maximum Gasteiger partial charge on any atom is 0.0995 e. The van der Waals surface area contributed by atoms with E-state index in [4.69, 9.17) is 0 Å². The van der Waals surface area contributed by atoms with Gasteiger partial charge in [-0.05, 0) is 31.9 Å². The summed E-state index contributed by atoms with van der Waals surface area (Å²) in [5.74, 6) is 0. The molecule has 0 fully saturated rings. The highest BCUT2D eigenvalue weighted by atomic mass is 14.8. The minimum Gasteiger partial charge on any atom is -0.261 e. The number of hydrogen-bond acceptors (Lipinski definition) is 3. The summed E-state index contributed by atoms with van der Waals surface area (Å²) < 4.78 is 0. The monoisotopic (exact) mass is 225 g/mol. The fourth-order valence-corrected chi connectivity index (χ4v) is 1.88. The summed E-state index contributed by atoms with van der Waals surface area (Å²) in [4.78, 5) is 12.7. The number of hydrogen-bond donors (Lipinski definition) is 0. The third-order valence-electron chi connectivity index (χ3n) is 2.54. The number of aryl methyl sites for hydroxylation is 3. The molecule has 1 aromatic heterocycles. The second-order valence-electron chi connectivity index (χ2n) is 4.14. The number of benzene rings is 1. The Kier molecular flexibility index (Phi) is 3.28. The lowest BCUT2D eigenvalue weighted by molar-refractivity contribution is 1.18. The Morgan fingerprint density at radius 3 is 2.35 bits per heavy atom. The van der Waals surface area contributed by atoms with Crippen LogP contribution in [0.3, 0.4) is 0 Å². The van der Waals surface area contributed by atoms with Crippen LogP contribution in [0.2, 0.25) is 0 Å². The van der Waals surface area contributed by atoms with Crippen LogP contribution in [0.4, 0.5) is 5.69 Å². The topological polar surface area (TPSA) is 38.1 Å². The Hall–Kier alpha value is -2.03. The second-order valence-corrected chi connectivity index (χ2v) is 4.14. The fourth-order valence-electron chi connectivity index (χ4n) is 1.88. The van der Waals surface area contributed by atoms with Crippen LogP contribution in [0.25, 0.3) is 0 Å². The molecule has 0 radical (unpaired) electrons. The third kappa shape index (κ3) is 2.75. The van der Waals surface area contributed by atoms with Gasteiger partial charge in [-0.15, -0.1) is 0 Å². The van der Waals surface area contributed by atoms with Crippen molar-refractivity contribution in [2.75, 3.05) is 0 Å². The van der Waals surface area contributed by atoms with E-state index in [2.05, 4.69) is 47.9 Å². The quantitative estimate of drug-likeness (QED) is 0.736. The van der Waals surface area contributed by atoms with Crippen molar-refractivity contribution in [3.05, 3.63) is 53.1 Å². The summed E-state index contributed by atoms with van der Waals surface area (Å²) in [7, 11) is 0. The van der Waals surface area contributed by atoms with Crippen molar-refractivity contribution in [2.24, 2.45) is 4.99 Å². The standard InChI is InChI=1S/C14H15N3/c1-10-6-11(2)14(12(3)7-10)17-9-13-8-15-4-5-16-13/h4-9H,1-3H3/b17-9+. The van der Waals surface area contributed by atoms with Gasteiger partial charge < -0.3 is 0 Å². The molecular formula is C14H15N3. The van der Waals surface area contributed by atoms with Crippen LogP contribution >= 0.6 is 0 Å². The molecule has 86 valence electrons. The highest BCUT2D eigenvalue weighted by molar-refractivity contribution is 5.80. The molecule has 0 N–H and O–H groups in total. The van der Waals surface area contributed by atoms with Crippen molar-refractivity contribution in [2.45, 2.75) is 20.8 Å². The molecule has 0 atom stereocenters. The Bertz CT molecular complexity index is 522. The van der Waals surface area contributed by atoms with Gasteiger partial charge in [-0.25, -0.2) is 0 Å². The van der Waals surface area contributed by atoms with Gasteiger partial charge in [-0.1, -0.05) is 17.7 Å². The van der Waals surface area contributed by atoms with E-state index in [0.29, 0.717) is 0 Å². The van der Waals surface area contributed by atoms with Gasteiger partial charge in [-0.3, -0.25) is 15.0 Å². The zero-order valence-corrected chi connectivity index (χ0v) is 10.3. The van der Waals surface area contributed by atoms with Gasteiger partial charge in [0.05, 0.1) is 23.8 Å². The van der Waals surface area contributed by atoms with Crippen LogP contribution in [0, 0.1) is 20.8 Å². The number of aliphatic imine (C=N–C) groups is 1. The average Bonchev–Trinajstić information content (AvgIpc) is 2.29. The summed E-state index contributed by atoms with van der Waals surface area (Å²) in [5, 5.41) is 0. The van der Waals surface area contributed by atoms with E-state index in [1.54, 1.807) is 24.8 Å². The summed E-state index contributed by atoms with van der Waals surface area (Å²) in [6.07, 6.45) is 6.76. The van der Waals surface area contributed by atoms with E-state index < -0.39 is 0 Å². The maximum atomic E-state index is 4.49. The Balaban J connectivity index is 2.34. The average molecular weight is 225 g/mol. The van der Waals surface area contributed by atoms with Gasteiger partial charge in [-0.2, -0.15) is 0 Å². The molecule has 1 aromatic carbocycles. The van der Waals surface area contributed by atoms with Crippen molar-refractivity contribution in [3.63, 3.8) is 0 Å². The molecule has 2 aromatic rings. The first-order valence-electron chi connectivity index (χ1n) is 5.55.